The van der Waals surface area contributed by atoms with E-state index in [2.05, 4.69) is 10.4 Å². The highest BCUT2D eigenvalue weighted by atomic mass is 35.5. The number of hydrogen-bond donors (Lipinski definition) is 1. The number of hydrogen-bond acceptors (Lipinski definition) is 5. The van der Waals surface area contributed by atoms with E-state index >= 15 is 0 Å². The fraction of sp³-hybridized carbons (Fsp3) is 0.0625. The van der Waals surface area contributed by atoms with Gasteiger partial charge >= 0.3 is 0 Å². The molecule has 0 aliphatic rings. The summed E-state index contributed by atoms with van der Waals surface area (Å²) in [5.74, 6) is -0.617. The molecular weight excluding hydrogens is 436 g/mol. The van der Waals surface area contributed by atoms with E-state index in [9.17, 15) is 9.18 Å². The molecule has 0 atom stereocenters. The number of carbonyl (C=O) groups excluding carboxylic acids is 1. The summed E-state index contributed by atoms with van der Waals surface area (Å²) in [6, 6.07) is 10.9. The van der Waals surface area contributed by atoms with Crippen molar-refractivity contribution in [3.05, 3.63) is 62.3 Å². The van der Waals surface area contributed by atoms with Crippen LogP contribution in [0.25, 0.3) is 5.69 Å². The topological polar surface area (TPSA) is 46.9 Å². The number of amides is 1. The lowest BCUT2D eigenvalue weighted by molar-refractivity contribution is -0.113. The molecule has 4 nitrogen and oxygen atoms in total. The van der Waals surface area contributed by atoms with Crippen LogP contribution in [-0.2, 0) is 4.79 Å². The number of anilines is 1. The Morgan fingerprint density at radius 2 is 2.00 bits per heavy atom. The molecule has 3 rings (SSSR count). The second-order valence-electron chi connectivity index (χ2n) is 4.98. The molecule has 0 spiro atoms. The number of thioether (sulfide) groups is 1. The van der Waals surface area contributed by atoms with E-state index in [0.29, 0.717) is 19.0 Å². The molecule has 3 aromatic rings. The predicted octanol–water partition coefficient (Wildman–Crippen LogP) is 5.84. The van der Waals surface area contributed by atoms with Gasteiger partial charge in [0.1, 0.15) is 5.82 Å². The zero-order valence-corrected chi connectivity index (χ0v) is 16.9. The number of benzene rings is 2. The maximum absolute atomic E-state index is 13.0. The Hall–Kier alpha value is -1.45. The Morgan fingerprint density at radius 3 is 2.69 bits per heavy atom. The number of rotatable bonds is 5. The zero-order chi connectivity index (χ0) is 18.7. The van der Waals surface area contributed by atoms with Crippen molar-refractivity contribution < 1.29 is 9.18 Å². The van der Waals surface area contributed by atoms with Gasteiger partial charge in [0.25, 0.3) is 0 Å². The summed E-state index contributed by atoms with van der Waals surface area (Å²) in [6.45, 7) is 0. The molecule has 0 aliphatic carbocycles. The van der Waals surface area contributed by atoms with E-state index in [1.807, 2.05) is 12.1 Å². The smallest absolute Gasteiger partial charge is 0.234 e. The second kappa shape index (κ2) is 8.49. The van der Waals surface area contributed by atoms with Crippen LogP contribution in [0.15, 0.2) is 46.8 Å². The number of halogens is 3. The molecule has 1 heterocycles. The van der Waals surface area contributed by atoms with E-state index < -0.39 is 5.82 Å². The SMILES string of the molecule is O=C(CSc1nn(-c2ccc(Cl)cc2)c(=S)s1)Nc1ccc(F)cc1Cl. The van der Waals surface area contributed by atoms with Crippen molar-refractivity contribution in [3.63, 3.8) is 0 Å². The minimum absolute atomic E-state index is 0.122. The average Bonchev–Trinajstić information content (AvgIpc) is 2.97. The minimum atomic E-state index is -0.463. The fourth-order valence-electron chi connectivity index (χ4n) is 1.97. The molecule has 1 amide bonds. The van der Waals surface area contributed by atoms with Crippen molar-refractivity contribution in [3.8, 4) is 5.69 Å². The lowest BCUT2D eigenvalue weighted by atomic mass is 10.3. The molecule has 10 heteroatoms. The Balaban J connectivity index is 1.64. The largest absolute Gasteiger partial charge is 0.324 e. The summed E-state index contributed by atoms with van der Waals surface area (Å²) in [5, 5.41) is 7.82. The molecule has 1 N–H and O–H groups in total. The van der Waals surface area contributed by atoms with E-state index in [1.165, 1.54) is 35.2 Å². The molecule has 1 aromatic heterocycles. The van der Waals surface area contributed by atoms with Crippen molar-refractivity contribution in [1.82, 2.24) is 9.78 Å². The molecule has 0 saturated carbocycles. The highest BCUT2D eigenvalue weighted by Gasteiger charge is 2.11. The van der Waals surface area contributed by atoms with E-state index in [4.69, 9.17) is 35.4 Å². The van der Waals surface area contributed by atoms with Gasteiger partial charge in [0.05, 0.1) is 22.2 Å². The lowest BCUT2D eigenvalue weighted by Gasteiger charge is -2.06. The first kappa shape index (κ1) is 19.3. The third kappa shape index (κ3) is 4.83. The first-order chi connectivity index (χ1) is 12.4. The van der Waals surface area contributed by atoms with Gasteiger partial charge in [-0.05, 0) is 54.7 Å². The molecule has 0 radical (unpaired) electrons. The predicted molar refractivity (Wildman–Crippen MR) is 108 cm³/mol. The van der Waals surface area contributed by atoms with Crippen LogP contribution in [0.2, 0.25) is 10.0 Å². The summed E-state index contributed by atoms with van der Waals surface area (Å²) < 4.78 is 15.9. The highest BCUT2D eigenvalue weighted by molar-refractivity contribution is 8.01. The van der Waals surface area contributed by atoms with Crippen LogP contribution >= 0.6 is 58.5 Å². The van der Waals surface area contributed by atoms with Crippen molar-refractivity contribution in [1.29, 1.82) is 0 Å². The van der Waals surface area contributed by atoms with Gasteiger partial charge in [-0.3, -0.25) is 4.79 Å². The monoisotopic (exact) mass is 445 g/mol. The molecule has 0 saturated heterocycles. The van der Waals surface area contributed by atoms with Crippen LogP contribution in [0.1, 0.15) is 0 Å². The molecule has 134 valence electrons. The normalized spacial score (nSPS) is 10.7. The first-order valence-corrected chi connectivity index (χ1v) is 10.1. The third-order valence-corrected chi connectivity index (χ3v) is 6.06. The van der Waals surface area contributed by atoms with Crippen molar-refractivity contribution >= 4 is 70.1 Å². The van der Waals surface area contributed by atoms with E-state index in [-0.39, 0.29) is 16.7 Å². The molecule has 0 fully saturated rings. The number of nitrogens with zero attached hydrogens (tertiary/aromatic N) is 2. The van der Waals surface area contributed by atoms with Crippen LogP contribution in [-0.4, -0.2) is 21.4 Å². The Labute approximate surface area is 171 Å². The standard InChI is InChI=1S/C16H10Cl2FN3OS3/c17-9-1-4-11(5-2-9)22-16(24)26-15(21-22)25-8-14(23)20-13-6-3-10(19)7-12(13)18/h1-7H,8H2,(H,20,23). The van der Waals surface area contributed by atoms with Gasteiger partial charge in [0, 0.05) is 5.02 Å². The van der Waals surface area contributed by atoms with E-state index in [0.717, 1.165) is 11.8 Å². The van der Waals surface area contributed by atoms with Crippen molar-refractivity contribution in [2.75, 3.05) is 11.1 Å². The van der Waals surface area contributed by atoms with Gasteiger partial charge in [0.15, 0.2) is 8.29 Å². The molecule has 0 unspecified atom stereocenters. The van der Waals surface area contributed by atoms with Gasteiger partial charge in [-0.2, -0.15) is 0 Å². The second-order valence-corrected chi connectivity index (χ2v) is 8.67. The Morgan fingerprint density at radius 1 is 1.27 bits per heavy atom. The van der Waals surface area contributed by atoms with Gasteiger partial charge in [0.2, 0.25) is 5.91 Å². The van der Waals surface area contributed by atoms with E-state index in [1.54, 1.807) is 16.8 Å². The summed E-state index contributed by atoms with van der Waals surface area (Å²) >= 11 is 19.7. The number of nitrogens with one attached hydrogen (secondary N) is 1. The van der Waals surface area contributed by atoms with Crippen LogP contribution < -0.4 is 5.32 Å². The van der Waals surface area contributed by atoms with Crippen LogP contribution in [0, 0.1) is 9.77 Å². The summed E-state index contributed by atoms with van der Waals surface area (Å²) in [5.41, 5.74) is 1.16. The third-order valence-electron chi connectivity index (χ3n) is 3.13. The van der Waals surface area contributed by atoms with Gasteiger partial charge < -0.3 is 5.32 Å². The van der Waals surface area contributed by atoms with Gasteiger partial charge in [-0.15, -0.1) is 5.10 Å². The molecule has 0 bridgehead atoms. The Kier molecular flexibility index (Phi) is 6.31. The zero-order valence-electron chi connectivity index (χ0n) is 12.9. The summed E-state index contributed by atoms with van der Waals surface area (Å²) in [6.07, 6.45) is 0. The minimum Gasteiger partial charge on any atom is -0.324 e. The van der Waals surface area contributed by atoms with Gasteiger partial charge in [-0.25, -0.2) is 9.07 Å². The number of carbonyl (C=O) groups is 1. The maximum Gasteiger partial charge on any atom is 0.234 e. The summed E-state index contributed by atoms with van der Waals surface area (Å²) in [7, 11) is 0. The molecule has 2 aromatic carbocycles. The molecule has 0 aliphatic heterocycles. The highest BCUT2D eigenvalue weighted by Crippen LogP contribution is 2.26. The van der Waals surface area contributed by atoms with Crippen molar-refractivity contribution in [2.24, 2.45) is 0 Å². The molecular formula is C16H10Cl2FN3OS3. The first-order valence-electron chi connectivity index (χ1n) is 7.16. The van der Waals surface area contributed by atoms with Crippen LogP contribution in [0.3, 0.4) is 0 Å². The summed E-state index contributed by atoms with van der Waals surface area (Å²) in [4.78, 5) is 12.1. The number of aromatic nitrogens is 2. The van der Waals surface area contributed by atoms with Crippen LogP contribution in [0.5, 0.6) is 0 Å². The van der Waals surface area contributed by atoms with Crippen LogP contribution in [0.4, 0.5) is 10.1 Å². The fourth-order valence-corrected chi connectivity index (χ4v) is 4.47. The van der Waals surface area contributed by atoms with Crippen molar-refractivity contribution in [2.45, 2.75) is 4.34 Å². The average molecular weight is 446 g/mol. The quantitative estimate of drug-likeness (QED) is 0.395. The van der Waals surface area contributed by atoms with Gasteiger partial charge in [-0.1, -0.05) is 46.3 Å². The Bertz CT molecular complexity index is 1000. The molecule has 26 heavy (non-hydrogen) atoms. The maximum atomic E-state index is 13.0. The lowest BCUT2D eigenvalue weighted by Crippen LogP contribution is -2.14.